The van der Waals surface area contributed by atoms with Crippen molar-refractivity contribution < 1.29 is 0 Å². The minimum atomic E-state index is 0.480. The Morgan fingerprint density at radius 3 is 2.29 bits per heavy atom. The first-order valence-corrected chi connectivity index (χ1v) is 9.30. The number of benzene rings is 1. The second-order valence-electron chi connectivity index (χ2n) is 6.06. The lowest BCUT2D eigenvalue weighted by atomic mass is 10.0. The van der Waals surface area contributed by atoms with E-state index in [2.05, 4.69) is 57.3 Å². The Hall–Kier alpha value is -0.380. The summed E-state index contributed by atoms with van der Waals surface area (Å²) in [6.45, 7) is 7.02. The summed E-state index contributed by atoms with van der Waals surface area (Å²) in [6, 6.07) is 9.26. The van der Waals surface area contributed by atoms with Crippen LogP contribution in [0.15, 0.2) is 28.7 Å². The highest BCUT2D eigenvalue weighted by atomic mass is 79.9. The molecule has 0 aliphatic carbocycles. The molecule has 1 saturated heterocycles. The summed E-state index contributed by atoms with van der Waals surface area (Å²) in [5.41, 5.74) is 1.41. The molecule has 1 fully saturated rings. The minimum absolute atomic E-state index is 0.480. The van der Waals surface area contributed by atoms with Gasteiger partial charge in [-0.2, -0.15) is 0 Å². The Balaban J connectivity index is 1.88. The second-order valence-corrected chi connectivity index (χ2v) is 6.98. The van der Waals surface area contributed by atoms with Crippen LogP contribution in [-0.4, -0.2) is 31.1 Å². The van der Waals surface area contributed by atoms with E-state index in [1.807, 2.05) is 0 Å². The monoisotopic (exact) mass is 352 g/mol. The van der Waals surface area contributed by atoms with E-state index in [9.17, 15) is 0 Å². The Kier molecular flexibility index (Phi) is 7.76. The van der Waals surface area contributed by atoms with Crippen molar-refractivity contribution in [1.82, 2.24) is 10.2 Å². The van der Waals surface area contributed by atoms with Crippen molar-refractivity contribution in [3.05, 3.63) is 34.3 Å². The van der Waals surface area contributed by atoms with Gasteiger partial charge in [-0.1, -0.05) is 54.2 Å². The largest absolute Gasteiger partial charge is 0.310 e. The van der Waals surface area contributed by atoms with E-state index in [1.54, 1.807) is 0 Å². The first-order chi connectivity index (χ1) is 10.3. The molecule has 21 heavy (non-hydrogen) atoms. The van der Waals surface area contributed by atoms with Crippen molar-refractivity contribution in [2.45, 2.75) is 51.5 Å². The molecule has 0 spiro atoms. The number of likely N-dealkylation sites (tertiary alicyclic amines) is 1. The van der Waals surface area contributed by atoms with Crippen LogP contribution in [0.4, 0.5) is 0 Å². The molecule has 0 saturated carbocycles. The molecule has 2 nitrogen and oxygen atoms in total. The summed E-state index contributed by atoms with van der Waals surface area (Å²) in [5, 5.41) is 3.64. The maximum absolute atomic E-state index is 3.64. The first kappa shape index (κ1) is 17.0. The third-order valence-corrected chi connectivity index (χ3v) is 4.93. The summed E-state index contributed by atoms with van der Waals surface area (Å²) >= 11 is 3.52. The molecule has 0 radical (unpaired) electrons. The van der Waals surface area contributed by atoms with Gasteiger partial charge >= 0.3 is 0 Å². The normalized spacial score (nSPS) is 19.0. The molecule has 3 heteroatoms. The molecule has 1 unspecified atom stereocenters. The molecule has 1 aliphatic heterocycles. The molecule has 1 aliphatic rings. The van der Waals surface area contributed by atoms with Gasteiger partial charge in [-0.25, -0.2) is 0 Å². The van der Waals surface area contributed by atoms with Gasteiger partial charge in [0.2, 0.25) is 0 Å². The number of hydrogen-bond donors (Lipinski definition) is 1. The molecular weight excluding hydrogens is 324 g/mol. The lowest BCUT2D eigenvalue weighted by molar-refractivity contribution is 0.234. The van der Waals surface area contributed by atoms with E-state index in [1.165, 1.54) is 63.7 Å². The molecule has 0 aromatic heterocycles. The highest BCUT2D eigenvalue weighted by Gasteiger charge is 2.13. The fourth-order valence-corrected chi connectivity index (χ4v) is 3.44. The molecule has 118 valence electrons. The smallest absolute Gasteiger partial charge is 0.0332 e. The second kappa shape index (κ2) is 9.60. The summed E-state index contributed by atoms with van der Waals surface area (Å²) in [7, 11) is 0. The van der Waals surface area contributed by atoms with Crippen LogP contribution in [0.1, 0.15) is 57.1 Å². The van der Waals surface area contributed by atoms with E-state index < -0.39 is 0 Å². The summed E-state index contributed by atoms with van der Waals surface area (Å²) < 4.78 is 1.16. The zero-order valence-corrected chi connectivity index (χ0v) is 14.9. The Morgan fingerprint density at radius 1 is 1.05 bits per heavy atom. The Bertz CT molecular complexity index is 383. The van der Waals surface area contributed by atoms with Crippen LogP contribution in [-0.2, 0) is 0 Å². The van der Waals surface area contributed by atoms with Crippen molar-refractivity contribution >= 4 is 15.9 Å². The van der Waals surface area contributed by atoms with E-state index in [4.69, 9.17) is 0 Å². The molecule has 0 bridgehead atoms. The third-order valence-electron chi connectivity index (χ3n) is 4.41. The van der Waals surface area contributed by atoms with Gasteiger partial charge in [0.1, 0.15) is 0 Å². The average Bonchev–Trinajstić information content (AvgIpc) is 2.46. The SMILES string of the molecule is CCNC(CCN1CCCCCCC1)c1ccc(Br)cc1. The van der Waals surface area contributed by atoms with Gasteiger partial charge in [-0.15, -0.1) is 0 Å². The van der Waals surface area contributed by atoms with Crippen LogP contribution < -0.4 is 5.32 Å². The van der Waals surface area contributed by atoms with Crippen LogP contribution in [0.2, 0.25) is 0 Å². The number of halogens is 1. The summed E-state index contributed by atoms with van der Waals surface area (Å²) in [5.74, 6) is 0. The molecule has 2 rings (SSSR count). The fraction of sp³-hybridized carbons (Fsp3) is 0.667. The molecule has 1 heterocycles. The van der Waals surface area contributed by atoms with Crippen LogP contribution in [0.5, 0.6) is 0 Å². The van der Waals surface area contributed by atoms with Crippen molar-refractivity contribution in [2.75, 3.05) is 26.2 Å². The van der Waals surface area contributed by atoms with Gasteiger partial charge in [-0.05, 0) is 63.1 Å². The third kappa shape index (κ3) is 6.09. The lowest BCUT2D eigenvalue weighted by Gasteiger charge is -2.27. The number of nitrogens with zero attached hydrogens (tertiary/aromatic N) is 1. The van der Waals surface area contributed by atoms with Gasteiger partial charge < -0.3 is 10.2 Å². The Morgan fingerprint density at radius 2 is 1.67 bits per heavy atom. The minimum Gasteiger partial charge on any atom is -0.310 e. The van der Waals surface area contributed by atoms with Crippen molar-refractivity contribution in [3.63, 3.8) is 0 Å². The van der Waals surface area contributed by atoms with E-state index in [-0.39, 0.29) is 0 Å². The highest BCUT2D eigenvalue weighted by molar-refractivity contribution is 9.10. The summed E-state index contributed by atoms with van der Waals surface area (Å²) in [4.78, 5) is 2.67. The molecule has 1 N–H and O–H groups in total. The van der Waals surface area contributed by atoms with Crippen LogP contribution >= 0.6 is 15.9 Å². The molecule has 0 amide bonds. The molecule has 1 aromatic carbocycles. The quantitative estimate of drug-likeness (QED) is 0.794. The highest BCUT2D eigenvalue weighted by Crippen LogP contribution is 2.21. The number of rotatable bonds is 6. The maximum Gasteiger partial charge on any atom is 0.0332 e. The van der Waals surface area contributed by atoms with Crippen molar-refractivity contribution in [2.24, 2.45) is 0 Å². The zero-order valence-electron chi connectivity index (χ0n) is 13.3. The Labute approximate surface area is 138 Å². The van der Waals surface area contributed by atoms with Gasteiger partial charge in [-0.3, -0.25) is 0 Å². The summed E-state index contributed by atoms with van der Waals surface area (Å²) in [6.07, 6.45) is 8.23. The predicted octanol–water partition coefficient (Wildman–Crippen LogP) is 4.76. The number of hydrogen-bond acceptors (Lipinski definition) is 2. The van der Waals surface area contributed by atoms with Crippen molar-refractivity contribution in [1.29, 1.82) is 0 Å². The topological polar surface area (TPSA) is 15.3 Å². The molecular formula is C18H29BrN2. The van der Waals surface area contributed by atoms with Crippen molar-refractivity contribution in [3.8, 4) is 0 Å². The van der Waals surface area contributed by atoms with Gasteiger partial charge in [0.05, 0.1) is 0 Å². The van der Waals surface area contributed by atoms with E-state index >= 15 is 0 Å². The first-order valence-electron chi connectivity index (χ1n) is 8.51. The van der Waals surface area contributed by atoms with Gasteiger partial charge in [0.25, 0.3) is 0 Å². The maximum atomic E-state index is 3.64. The fourth-order valence-electron chi connectivity index (χ4n) is 3.18. The van der Waals surface area contributed by atoms with Crippen LogP contribution in [0.25, 0.3) is 0 Å². The average molecular weight is 353 g/mol. The predicted molar refractivity (Wildman–Crippen MR) is 94.7 cm³/mol. The zero-order chi connectivity index (χ0) is 14.9. The van der Waals surface area contributed by atoms with Crippen LogP contribution in [0.3, 0.4) is 0 Å². The number of nitrogens with one attached hydrogen (secondary N) is 1. The standard InChI is InChI=1S/C18H29BrN2/c1-2-20-18(16-8-10-17(19)11-9-16)12-15-21-13-6-4-3-5-7-14-21/h8-11,18,20H,2-7,12-15H2,1H3. The van der Waals surface area contributed by atoms with E-state index in [0.717, 1.165) is 11.0 Å². The van der Waals surface area contributed by atoms with E-state index in [0.29, 0.717) is 6.04 Å². The molecule has 1 aromatic rings. The lowest BCUT2D eigenvalue weighted by Crippen LogP contribution is -2.32. The molecule has 1 atom stereocenters. The van der Waals surface area contributed by atoms with Crippen LogP contribution in [0, 0.1) is 0 Å². The van der Waals surface area contributed by atoms with Gasteiger partial charge in [0, 0.05) is 10.5 Å². The van der Waals surface area contributed by atoms with Gasteiger partial charge in [0.15, 0.2) is 0 Å².